The number of carbonyl (C=O) groups is 1. The largest absolute Gasteiger partial charge is 0.494 e. The average Bonchev–Trinajstić information content (AvgIpc) is 2.78. The van der Waals surface area contributed by atoms with Crippen LogP contribution in [-0.4, -0.2) is 42.0 Å². The lowest BCUT2D eigenvalue weighted by atomic mass is 9.81. The summed E-state index contributed by atoms with van der Waals surface area (Å²) in [6.07, 6.45) is 5.42. The number of carbonyl (C=O) groups excluding carboxylic acids is 1. The molecule has 0 spiro atoms. The number of hydrogen-bond donors (Lipinski definition) is 1. The first-order chi connectivity index (χ1) is 14.6. The number of hydrogen-bond acceptors (Lipinski definition) is 4. The highest BCUT2D eigenvalue weighted by atomic mass is 16.5. The minimum Gasteiger partial charge on any atom is -0.494 e. The normalized spacial score (nSPS) is 21.3. The summed E-state index contributed by atoms with van der Waals surface area (Å²) in [5, 5.41) is 11.0. The van der Waals surface area contributed by atoms with Gasteiger partial charge in [-0.2, -0.15) is 0 Å². The molecular weight excluding hydrogens is 374 g/mol. The summed E-state index contributed by atoms with van der Waals surface area (Å²) in [7, 11) is 0. The van der Waals surface area contributed by atoms with Crippen molar-refractivity contribution < 1.29 is 14.6 Å². The molecule has 1 heterocycles. The van der Waals surface area contributed by atoms with Gasteiger partial charge in [-0.1, -0.05) is 43.7 Å². The maximum absolute atomic E-state index is 13.1. The quantitative estimate of drug-likeness (QED) is 0.682. The van der Waals surface area contributed by atoms with Crippen molar-refractivity contribution in [1.82, 2.24) is 4.90 Å². The van der Waals surface area contributed by atoms with E-state index in [-0.39, 0.29) is 11.7 Å². The van der Waals surface area contributed by atoms with Crippen molar-refractivity contribution in [2.24, 2.45) is 5.92 Å². The van der Waals surface area contributed by atoms with Crippen LogP contribution in [0.4, 0.5) is 0 Å². The van der Waals surface area contributed by atoms with Gasteiger partial charge in [-0.25, -0.2) is 0 Å². The minimum atomic E-state index is -0.741. The summed E-state index contributed by atoms with van der Waals surface area (Å²) >= 11 is 0. The van der Waals surface area contributed by atoms with Gasteiger partial charge in [-0.3, -0.25) is 4.79 Å². The molecule has 0 aromatic heterocycles. The summed E-state index contributed by atoms with van der Waals surface area (Å²) in [5.74, 6) is 1.19. The number of benzene rings is 2. The highest BCUT2D eigenvalue weighted by molar-refractivity contribution is 6.00. The van der Waals surface area contributed by atoms with Crippen LogP contribution in [0.1, 0.15) is 60.5 Å². The van der Waals surface area contributed by atoms with Crippen LogP contribution in [0.3, 0.4) is 0 Å². The molecule has 4 rings (SSSR count). The van der Waals surface area contributed by atoms with Crippen LogP contribution in [-0.2, 0) is 12.0 Å². The van der Waals surface area contributed by atoms with Gasteiger partial charge in [-0.05, 0) is 61.4 Å². The number of unbranched alkanes of at least 4 members (excludes halogenated alkanes) is 1. The molecule has 0 amide bonds. The monoisotopic (exact) mass is 407 g/mol. The number of aliphatic hydroxyl groups is 1. The lowest BCUT2D eigenvalue weighted by Crippen LogP contribution is -2.45. The van der Waals surface area contributed by atoms with Crippen molar-refractivity contribution in [1.29, 1.82) is 0 Å². The fraction of sp³-hybridized carbons (Fsp3) is 0.500. The van der Waals surface area contributed by atoms with E-state index in [9.17, 15) is 9.90 Å². The van der Waals surface area contributed by atoms with Crippen molar-refractivity contribution in [2.45, 2.75) is 51.0 Å². The van der Waals surface area contributed by atoms with E-state index in [4.69, 9.17) is 4.74 Å². The molecule has 1 fully saturated rings. The molecule has 160 valence electrons. The maximum atomic E-state index is 13.1. The van der Waals surface area contributed by atoms with Crippen LogP contribution in [0.25, 0.3) is 0 Å². The zero-order valence-corrected chi connectivity index (χ0v) is 18.0. The molecule has 1 N–H and O–H groups in total. The van der Waals surface area contributed by atoms with Gasteiger partial charge in [0.15, 0.2) is 5.78 Å². The molecule has 1 atom stereocenters. The zero-order chi connectivity index (χ0) is 21.0. The van der Waals surface area contributed by atoms with Gasteiger partial charge in [-0.15, -0.1) is 0 Å². The standard InChI is InChI=1S/C26H33NO3/c1-2-3-17-30-23-11-12-24-20(18-23)9-10-21(25(24)28)19-27-15-13-26(29,14-16-27)22-7-5-4-6-8-22/h4-8,11-12,18,21,29H,2-3,9-10,13-17,19H2,1H3. The second-order valence-corrected chi connectivity index (χ2v) is 8.82. The molecule has 1 unspecified atom stereocenters. The first kappa shape index (κ1) is 21.1. The van der Waals surface area contributed by atoms with Gasteiger partial charge >= 0.3 is 0 Å². The second kappa shape index (κ2) is 9.32. The predicted octanol–water partition coefficient (Wildman–Crippen LogP) is 4.59. The number of likely N-dealkylation sites (tertiary alicyclic amines) is 1. The Morgan fingerprint density at radius 3 is 2.63 bits per heavy atom. The highest BCUT2D eigenvalue weighted by Crippen LogP contribution is 2.34. The Bertz CT molecular complexity index is 856. The van der Waals surface area contributed by atoms with E-state index in [0.717, 1.165) is 74.4 Å². The van der Waals surface area contributed by atoms with Gasteiger partial charge in [0.1, 0.15) is 5.75 Å². The van der Waals surface area contributed by atoms with Crippen molar-refractivity contribution in [3.8, 4) is 5.75 Å². The molecule has 1 saturated heterocycles. The fourth-order valence-corrected chi connectivity index (χ4v) is 4.75. The number of rotatable bonds is 7. The minimum absolute atomic E-state index is 0.0484. The summed E-state index contributed by atoms with van der Waals surface area (Å²) in [6.45, 7) is 5.33. The molecule has 1 aliphatic heterocycles. The lowest BCUT2D eigenvalue weighted by Gasteiger charge is -2.40. The molecule has 1 aliphatic carbocycles. The third kappa shape index (κ3) is 4.60. The van der Waals surface area contributed by atoms with Gasteiger partial charge in [0, 0.05) is 31.1 Å². The van der Waals surface area contributed by atoms with E-state index < -0.39 is 5.60 Å². The van der Waals surface area contributed by atoms with Crippen LogP contribution >= 0.6 is 0 Å². The Hall–Kier alpha value is -2.17. The Labute approximate surface area is 179 Å². The van der Waals surface area contributed by atoms with E-state index in [0.29, 0.717) is 12.8 Å². The fourth-order valence-electron chi connectivity index (χ4n) is 4.75. The molecular formula is C26H33NO3. The van der Waals surface area contributed by atoms with Crippen LogP contribution in [0.15, 0.2) is 48.5 Å². The molecule has 30 heavy (non-hydrogen) atoms. The first-order valence-electron chi connectivity index (χ1n) is 11.4. The Balaban J connectivity index is 1.34. The van der Waals surface area contributed by atoms with Gasteiger partial charge < -0.3 is 14.7 Å². The summed E-state index contributed by atoms with van der Waals surface area (Å²) in [5.41, 5.74) is 2.26. The Morgan fingerprint density at radius 1 is 1.13 bits per heavy atom. The Kier molecular flexibility index (Phi) is 6.55. The van der Waals surface area contributed by atoms with E-state index in [1.807, 2.05) is 42.5 Å². The summed E-state index contributed by atoms with van der Waals surface area (Å²) in [6, 6.07) is 15.9. The number of nitrogens with zero attached hydrogens (tertiary/aromatic N) is 1. The van der Waals surface area contributed by atoms with Gasteiger partial charge in [0.25, 0.3) is 0 Å². The molecule has 0 saturated carbocycles. The van der Waals surface area contributed by atoms with Crippen LogP contribution in [0, 0.1) is 5.92 Å². The molecule has 4 nitrogen and oxygen atoms in total. The first-order valence-corrected chi connectivity index (χ1v) is 11.4. The second-order valence-electron chi connectivity index (χ2n) is 8.82. The van der Waals surface area contributed by atoms with Crippen LogP contribution in [0.5, 0.6) is 5.75 Å². The number of ketones is 1. The van der Waals surface area contributed by atoms with E-state index in [1.165, 1.54) is 0 Å². The molecule has 4 heteroatoms. The van der Waals surface area contributed by atoms with Gasteiger partial charge in [0.05, 0.1) is 12.2 Å². The van der Waals surface area contributed by atoms with Crippen LogP contribution < -0.4 is 4.74 Å². The molecule has 0 radical (unpaired) electrons. The third-order valence-corrected chi connectivity index (χ3v) is 6.71. The van der Waals surface area contributed by atoms with Crippen molar-refractivity contribution in [2.75, 3.05) is 26.2 Å². The number of fused-ring (bicyclic) bond motifs is 1. The average molecular weight is 408 g/mol. The van der Waals surface area contributed by atoms with E-state index >= 15 is 0 Å². The molecule has 2 aromatic rings. The van der Waals surface area contributed by atoms with Crippen molar-refractivity contribution in [3.63, 3.8) is 0 Å². The number of Topliss-reactive ketones (excluding diaryl/α,β-unsaturated/α-hetero) is 1. The molecule has 2 aliphatic rings. The number of piperidine rings is 1. The van der Waals surface area contributed by atoms with Crippen molar-refractivity contribution in [3.05, 3.63) is 65.2 Å². The summed E-state index contributed by atoms with van der Waals surface area (Å²) in [4.78, 5) is 15.4. The lowest BCUT2D eigenvalue weighted by molar-refractivity contribution is -0.0283. The zero-order valence-electron chi connectivity index (χ0n) is 18.0. The number of aryl methyl sites for hydroxylation is 1. The predicted molar refractivity (Wildman–Crippen MR) is 119 cm³/mol. The topological polar surface area (TPSA) is 49.8 Å². The summed E-state index contributed by atoms with van der Waals surface area (Å²) < 4.78 is 5.81. The van der Waals surface area contributed by atoms with E-state index in [2.05, 4.69) is 17.9 Å². The van der Waals surface area contributed by atoms with E-state index in [1.54, 1.807) is 0 Å². The van der Waals surface area contributed by atoms with Crippen molar-refractivity contribution >= 4 is 5.78 Å². The Morgan fingerprint density at radius 2 is 1.90 bits per heavy atom. The third-order valence-electron chi connectivity index (χ3n) is 6.71. The van der Waals surface area contributed by atoms with Gasteiger partial charge in [0.2, 0.25) is 0 Å². The highest BCUT2D eigenvalue weighted by Gasteiger charge is 2.36. The van der Waals surface area contributed by atoms with Crippen LogP contribution in [0.2, 0.25) is 0 Å². The maximum Gasteiger partial charge on any atom is 0.167 e. The number of ether oxygens (including phenoxy) is 1. The SMILES string of the molecule is CCCCOc1ccc2c(c1)CCC(CN1CCC(O)(c3ccccc3)CC1)C2=O. The molecule has 0 bridgehead atoms. The smallest absolute Gasteiger partial charge is 0.167 e. The molecule has 2 aromatic carbocycles.